The highest BCUT2D eigenvalue weighted by Gasteiger charge is 2.67. The van der Waals surface area contributed by atoms with Crippen LogP contribution in [0.15, 0.2) is 36.4 Å². The van der Waals surface area contributed by atoms with E-state index in [1.165, 1.54) is 16.7 Å². The highest BCUT2D eigenvalue weighted by molar-refractivity contribution is 6.30. The predicted molar refractivity (Wildman–Crippen MR) is 96.0 cm³/mol. The molecule has 1 aromatic rings. The van der Waals surface area contributed by atoms with E-state index in [-0.39, 0.29) is 48.1 Å². The molecule has 0 spiro atoms. The molecule has 4 aliphatic carbocycles. The Balaban J connectivity index is 1.44. The molecule has 1 aromatic carbocycles. The summed E-state index contributed by atoms with van der Waals surface area (Å²) in [6.07, 6.45) is 5.44. The van der Waals surface area contributed by atoms with E-state index < -0.39 is 0 Å². The first kappa shape index (κ1) is 16.1. The monoisotopic (exact) mass is 370 g/mol. The van der Waals surface area contributed by atoms with Crippen LogP contribution in [0, 0.1) is 35.5 Å². The van der Waals surface area contributed by atoms with E-state index >= 15 is 0 Å². The van der Waals surface area contributed by atoms with Gasteiger partial charge in [-0.15, -0.1) is 0 Å². The first-order valence-corrected chi connectivity index (χ1v) is 9.42. The van der Waals surface area contributed by atoms with Crippen molar-refractivity contribution in [3.05, 3.63) is 41.4 Å². The number of nitrogens with zero attached hydrogens (tertiary/aromatic N) is 2. The van der Waals surface area contributed by atoms with Gasteiger partial charge in [-0.05, 0) is 54.4 Å². The number of amides is 3. The van der Waals surface area contributed by atoms with Crippen LogP contribution in [-0.2, 0) is 14.4 Å². The van der Waals surface area contributed by atoms with Gasteiger partial charge in [0.2, 0.25) is 17.7 Å². The molecule has 6 atom stereocenters. The molecule has 5 aliphatic rings. The summed E-state index contributed by atoms with van der Waals surface area (Å²) in [6.45, 7) is 1.41. The minimum absolute atomic E-state index is 0.0313. The highest BCUT2D eigenvalue weighted by atomic mass is 35.5. The third-order valence-electron chi connectivity index (χ3n) is 6.56. The Labute approximate surface area is 156 Å². The summed E-state index contributed by atoms with van der Waals surface area (Å²) in [7, 11) is 0. The van der Waals surface area contributed by atoms with Crippen LogP contribution in [0.25, 0.3) is 0 Å². The fourth-order valence-corrected chi connectivity index (χ4v) is 5.41. The lowest BCUT2D eigenvalue weighted by atomic mass is 9.63. The smallest absolute Gasteiger partial charge is 0.235 e. The van der Waals surface area contributed by atoms with Crippen molar-refractivity contribution in [3.63, 3.8) is 0 Å². The lowest BCUT2D eigenvalue weighted by Gasteiger charge is -2.37. The summed E-state index contributed by atoms with van der Waals surface area (Å²) < 4.78 is 0. The number of benzene rings is 1. The number of imide groups is 1. The van der Waals surface area contributed by atoms with E-state index in [9.17, 15) is 14.4 Å². The number of halogens is 1. The number of rotatable bonds is 3. The maximum absolute atomic E-state index is 13.1. The van der Waals surface area contributed by atoms with Crippen molar-refractivity contribution < 1.29 is 14.4 Å². The molecule has 6 rings (SSSR count). The summed E-state index contributed by atoms with van der Waals surface area (Å²) >= 11 is 5.92. The summed E-state index contributed by atoms with van der Waals surface area (Å²) in [5.41, 5.74) is 0.626. The van der Waals surface area contributed by atoms with Gasteiger partial charge in [0.25, 0.3) is 0 Å². The van der Waals surface area contributed by atoms with Gasteiger partial charge in [0, 0.05) is 17.6 Å². The van der Waals surface area contributed by atoms with Crippen LogP contribution < -0.4 is 4.90 Å². The molecule has 134 valence electrons. The third-order valence-corrected chi connectivity index (χ3v) is 6.81. The van der Waals surface area contributed by atoms with E-state index in [1.54, 1.807) is 24.3 Å². The van der Waals surface area contributed by atoms with E-state index in [0.29, 0.717) is 22.5 Å². The Morgan fingerprint density at radius 1 is 1.08 bits per heavy atom. The lowest BCUT2D eigenvalue weighted by molar-refractivity contribution is -0.140. The zero-order valence-corrected chi connectivity index (χ0v) is 15.1. The van der Waals surface area contributed by atoms with Crippen LogP contribution in [0.5, 0.6) is 0 Å². The van der Waals surface area contributed by atoms with Crippen LogP contribution in [0.3, 0.4) is 0 Å². The van der Waals surface area contributed by atoms with Crippen molar-refractivity contribution >= 4 is 35.0 Å². The summed E-state index contributed by atoms with van der Waals surface area (Å²) in [6, 6.07) is 6.83. The molecule has 3 fully saturated rings. The fraction of sp³-hybridized carbons (Fsp3) is 0.450. The summed E-state index contributed by atoms with van der Waals surface area (Å²) in [5, 5.41) is 0.568. The molecule has 0 radical (unpaired) electrons. The van der Waals surface area contributed by atoms with Crippen LogP contribution in [0.4, 0.5) is 5.69 Å². The second-order valence-electron chi connectivity index (χ2n) is 7.82. The van der Waals surface area contributed by atoms with Crippen molar-refractivity contribution in [3.8, 4) is 0 Å². The first-order chi connectivity index (χ1) is 12.5. The van der Waals surface area contributed by atoms with Gasteiger partial charge in [-0.25, -0.2) is 0 Å². The quantitative estimate of drug-likeness (QED) is 0.607. The Hall–Kier alpha value is -2.14. The molecule has 1 heterocycles. The average molecular weight is 371 g/mol. The van der Waals surface area contributed by atoms with Crippen molar-refractivity contribution in [1.82, 2.24) is 4.90 Å². The normalized spacial score (nSPS) is 36.2. The van der Waals surface area contributed by atoms with E-state index in [2.05, 4.69) is 12.2 Å². The van der Waals surface area contributed by atoms with Crippen molar-refractivity contribution in [2.24, 2.45) is 35.5 Å². The number of hydrogen-bond acceptors (Lipinski definition) is 3. The molecule has 1 aliphatic heterocycles. The summed E-state index contributed by atoms with van der Waals surface area (Å²) in [4.78, 5) is 41.0. The number of hydrogen-bond donors (Lipinski definition) is 0. The van der Waals surface area contributed by atoms with Crippen molar-refractivity contribution in [2.75, 3.05) is 11.6 Å². The zero-order chi connectivity index (χ0) is 18.2. The molecule has 5 nitrogen and oxygen atoms in total. The predicted octanol–water partition coefficient (Wildman–Crippen LogP) is 2.70. The van der Waals surface area contributed by atoms with Gasteiger partial charge in [0.1, 0.15) is 6.67 Å². The van der Waals surface area contributed by atoms with E-state index in [0.717, 1.165) is 6.42 Å². The molecule has 0 aromatic heterocycles. The van der Waals surface area contributed by atoms with Crippen molar-refractivity contribution in [2.45, 2.75) is 13.3 Å². The van der Waals surface area contributed by atoms with Crippen molar-refractivity contribution in [1.29, 1.82) is 0 Å². The number of anilines is 1. The van der Waals surface area contributed by atoms with Gasteiger partial charge >= 0.3 is 0 Å². The topological polar surface area (TPSA) is 57.7 Å². The Morgan fingerprint density at radius 2 is 1.62 bits per heavy atom. The molecular formula is C20H19ClN2O3. The number of allylic oxidation sites excluding steroid dienone is 2. The SMILES string of the molecule is CC(=O)N(CN1C(=O)[C@H]2[C@@H]3C=C[C@H]([C@@H]4C[C@H]34)[C@@H]2C1=O)c1ccc(Cl)cc1. The molecule has 2 bridgehead atoms. The maximum atomic E-state index is 13.1. The largest absolute Gasteiger partial charge is 0.294 e. The number of carbonyl (C=O) groups is 3. The minimum Gasteiger partial charge on any atom is -0.294 e. The second kappa shape index (κ2) is 5.43. The lowest BCUT2D eigenvalue weighted by Crippen LogP contribution is -2.44. The van der Waals surface area contributed by atoms with Crippen LogP contribution >= 0.6 is 11.6 Å². The molecule has 2 saturated carbocycles. The number of likely N-dealkylation sites (tertiary alicyclic amines) is 1. The van der Waals surface area contributed by atoms with Gasteiger partial charge in [-0.1, -0.05) is 23.8 Å². The molecular weight excluding hydrogens is 352 g/mol. The van der Waals surface area contributed by atoms with E-state index in [1.807, 2.05) is 0 Å². The molecule has 1 saturated heterocycles. The van der Waals surface area contributed by atoms with Gasteiger partial charge in [-0.2, -0.15) is 0 Å². The average Bonchev–Trinajstić information content (AvgIpc) is 3.40. The molecule has 0 unspecified atom stereocenters. The third kappa shape index (κ3) is 2.13. The fourth-order valence-electron chi connectivity index (χ4n) is 5.28. The standard InChI is InChI=1S/C20H19ClN2O3/c1-10(24)22(12-4-2-11(21)3-5-12)9-23-19(25)17-13-6-7-14(16-8-15(13)16)18(17)20(23)26/h2-7,13-18H,8-9H2,1H3/t13-,14-,15-,16+,17+,18+/m1/s1. The Bertz CT molecular complexity index is 813. The Morgan fingerprint density at radius 3 is 2.12 bits per heavy atom. The number of carbonyl (C=O) groups excluding carboxylic acids is 3. The molecule has 6 heteroatoms. The minimum atomic E-state index is -0.236. The Kier molecular flexibility index (Phi) is 3.35. The summed E-state index contributed by atoms with van der Waals surface area (Å²) in [5.74, 6) is 0.601. The highest BCUT2D eigenvalue weighted by Crippen LogP contribution is 2.65. The maximum Gasteiger partial charge on any atom is 0.235 e. The van der Waals surface area contributed by atoms with Gasteiger partial charge in [0.15, 0.2) is 0 Å². The van der Waals surface area contributed by atoms with Crippen LogP contribution in [0.2, 0.25) is 5.02 Å². The zero-order valence-electron chi connectivity index (χ0n) is 14.3. The molecule has 26 heavy (non-hydrogen) atoms. The van der Waals surface area contributed by atoms with E-state index in [4.69, 9.17) is 11.6 Å². The molecule has 0 N–H and O–H groups in total. The van der Waals surface area contributed by atoms with Gasteiger partial charge in [-0.3, -0.25) is 24.2 Å². The van der Waals surface area contributed by atoms with Crippen LogP contribution in [-0.4, -0.2) is 29.3 Å². The molecule has 3 amide bonds. The van der Waals surface area contributed by atoms with Gasteiger partial charge < -0.3 is 0 Å². The second-order valence-corrected chi connectivity index (χ2v) is 8.26. The first-order valence-electron chi connectivity index (χ1n) is 9.04. The van der Waals surface area contributed by atoms with Crippen LogP contribution in [0.1, 0.15) is 13.3 Å². The van der Waals surface area contributed by atoms with Gasteiger partial charge in [0.05, 0.1) is 11.8 Å².